The van der Waals surface area contributed by atoms with E-state index in [2.05, 4.69) is 29.4 Å². The van der Waals surface area contributed by atoms with Gasteiger partial charge in [0.1, 0.15) is 0 Å². The van der Waals surface area contributed by atoms with E-state index in [0.717, 1.165) is 30.1 Å². The predicted octanol–water partition coefficient (Wildman–Crippen LogP) is 3.39. The Labute approximate surface area is 128 Å². The van der Waals surface area contributed by atoms with Crippen LogP contribution in [0.3, 0.4) is 0 Å². The largest absolute Gasteiger partial charge is 0.323 e. The quantitative estimate of drug-likeness (QED) is 0.881. The van der Waals surface area contributed by atoms with Crippen LogP contribution in [-0.4, -0.2) is 24.4 Å². The van der Waals surface area contributed by atoms with Gasteiger partial charge in [-0.1, -0.05) is 12.1 Å². The molecule has 1 aliphatic rings. The summed E-state index contributed by atoms with van der Waals surface area (Å²) in [6.45, 7) is 2.05. The number of hydrogen-bond donors (Lipinski definition) is 1. The third-order valence-electron chi connectivity index (χ3n) is 3.62. The van der Waals surface area contributed by atoms with Crippen LogP contribution in [0.25, 0.3) is 6.08 Å². The number of nitrogens with one attached hydrogen (secondary N) is 1. The Kier molecular flexibility index (Phi) is 4.18. The second kappa shape index (κ2) is 6.24. The number of fused-ring (bicyclic) bond motifs is 1. The number of hydrogen-bond acceptors (Lipinski definition) is 3. The summed E-state index contributed by atoms with van der Waals surface area (Å²) in [4.78, 5) is 15.3. The highest BCUT2D eigenvalue weighted by molar-refractivity contribution is 7.10. The molecule has 0 saturated carbocycles. The Morgan fingerprint density at radius 2 is 2.24 bits per heavy atom. The average Bonchev–Trinajstić information content (AvgIpc) is 2.98. The molecule has 108 valence electrons. The standard InChI is InChI=1S/C17H18N2OS/c1-19-9-8-13-4-5-15(11-14(13)12-19)18-17(20)7-6-16-3-2-10-21-16/h2-7,10-11H,8-9,12H2,1H3,(H,18,20)/b7-6+. The van der Waals surface area contributed by atoms with Crippen LogP contribution < -0.4 is 5.32 Å². The van der Waals surface area contributed by atoms with Crippen LogP contribution in [0.1, 0.15) is 16.0 Å². The minimum Gasteiger partial charge on any atom is -0.323 e. The van der Waals surface area contributed by atoms with Gasteiger partial charge in [-0.05, 0) is 54.3 Å². The number of carbonyl (C=O) groups excluding carboxylic acids is 1. The molecule has 0 saturated heterocycles. The van der Waals surface area contributed by atoms with Crippen LogP contribution in [0.2, 0.25) is 0 Å². The molecule has 3 nitrogen and oxygen atoms in total. The summed E-state index contributed by atoms with van der Waals surface area (Å²) < 4.78 is 0. The molecule has 0 atom stereocenters. The Bertz CT molecular complexity index is 661. The lowest BCUT2D eigenvalue weighted by Gasteiger charge is -2.25. The number of carbonyl (C=O) groups is 1. The van der Waals surface area contributed by atoms with Crippen LogP contribution in [0.4, 0.5) is 5.69 Å². The molecule has 1 N–H and O–H groups in total. The highest BCUT2D eigenvalue weighted by atomic mass is 32.1. The van der Waals surface area contributed by atoms with Crippen LogP contribution >= 0.6 is 11.3 Å². The number of benzene rings is 1. The van der Waals surface area contributed by atoms with Crippen molar-refractivity contribution < 1.29 is 4.79 Å². The van der Waals surface area contributed by atoms with E-state index in [-0.39, 0.29) is 5.91 Å². The Morgan fingerprint density at radius 3 is 3.05 bits per heavy atom. The van der Waals surface area contributed by atoms with E-state index in [9.17, 15) is 4.79 Å². The van der Waals surface area contributed by atoms with Gasteiger partial charge in [0.05, 0.1) is 0 Å². The molecule has 1 aliphatic heterocycles. The van der Waals surface area contributed by atoms with E-state index >= 15 is 0 Å². The third-order valence-corrected chi connectivity index (χ3v) is 4.46. The van der Waals surface area contributed by atoms with E-state index in [1.807, 2.05) is 29.7 Å². The first-order valence-electron chi connectivity index (χ1n) is 7.03. The molecular formula is C17H18N2OS. The minimum atomic E-state index is -0.0903. The van der Waals surface area contributed by atoms with Crippen molar-refractivity contribution in [2.75, 3.05) is 18.9 Å². The molecule has 21 heavy (non-hydrogen) atoms. The SMILES string of the molecule is CN1CCc2ccc(NC(=O)/C=C/c3cccs3)cc2C1. The zero-order chi connectivity index (χ0) is 14.7. The molecule has 1 aromatic heterocycles. The van der Waals surface area contributed by atoms with Gasteiger partial charge < -0.3 is 10.2 Å². The van der Waals surface area contributed by atoms with Gasteiger partial charge in [0.2, 0.25) is 5.91 Å². The fourth-order valence-corrected chi connectivity index (χ4v) is 3.12. The molecule has 4 heteroatoms. The highest BCUT2D eigenvalue weighted by Crippen LogP contribution is 2.22. The fourth-order valence-electron chi connectivity index (χ4n) is 2.50. The molecule has 0 spiro atoms. The van der Waals surface area contributed by atoms with Crippen molar-refractivity contribution in [2.45, 2.75) is 13.0 Å². The molecule has 1 amide bonds. The van der Waals surface area contributed by atoms with Crippen molar-refractivity contribution in [3.8, 4) is 0 Å². The van der Waals surface area contributed by atoms with Crippen molar-refractivity contribution in [2.24, 2.45) is 0 Å². The molecule has 0 unspecified atom stereocenters. The summed E-state index contributed by atoms with van der Waals surface area (Å²) in [5.74, 6) is -0.0903. The predicted molar refractivity (Wildman–Crippen MR) is 88.5 cm³/mol. The maximum Gasteiger partial charge on any atom is 0.248 e. The highest BCUT2D eigenvalue weighted by Gasteiger charge is 2.13. The van der Waals surface area contributed by atoms with Gasteiger partial charge in [-0.25, -0.2) is 0 Å². The first-order chi connectivity index (χ1) is 10.2. The van der Waals surface area contributed by atoms with Gasteiger partial charge in [0.15, 0.2) is 0 Å². The number of nitrogens with zero attached hydrogens (tertiary/aromatic N) is 1. The number of thiophene rings is 1. The van der Waals surface area contributed by atoms with E-state index in [1.165, 1.54) is 11.1 Å². The maximum absolute atomic E-state index is 11.9. The van der Waals surface area contributed by atoms with Crippen LogP contribution in [0.15, 0.2) is 41.8 Å². The molecule has 0 radical (unpaired) electrons. The Balaban J connectivity index is 1.67. The van der Waals surface area contributed by atoms with Crippen LogP contribution in [0.5, 0.6) is 0 Å². The number of anilines is 1. The zero-order valence-corrected chi connectivity index (χ0v) is 12.8. The van der Waals surface area contributed by atoms with Gasteiger partial charge in [0.25, 0.3) is 0 Å². The first kappa shape index (κ1) is 14.0. The third kappa shape index (κ3) is 3.60. The molecule has 3 rings (SSSR count). The summed E-state index contributed by atoms with van der Waals surface area (Å²) in [6.07, 6.45) is 4.50. The number of rotatable bonds is 3. The second-order valence-electron chi connectivity index (χ2n) is 5.31. The lowest BCUT2D eigenvalue weighted by molar-refractivity contribution is -0.111. The van der Waals surface area contributed by atoms with Gasteiger partial charge >= 0.3 is 0 Å². The lowest BCUT2D eigenvalue weighted by atomic mass is 9.99. The van der Waals surface area contributed by atoms with Gasteiger partial charge in [-0.15, -0.1) is 11.3 Å². The first-order valence-corrected chi connectivity index (χ1v) is 7.91. The molecule has 1 aromatic carbocycles. The summed E-state index contributed by atoms with van der Waals surface area (Å²) in [5, 5.41) is 4.93. The minimum absolute atomic E-state index is 0.0903. The Morgan fingerprint density at radius 1 is 1.33 bits per heavy atom. The Hall–Kier alpha value is -1.91. The van der Waals surface area contributed by atoms with E-state index in [4.69, 9.17) is 0 Å². The average molecular weight is 298 g/mol. The molecule has 2 heterocycles. The number of likely N-dealkylation sites (N-methyl/N-ethyl adjacent to an activating group) is 1. The van der Waals surface area contributed by atoms with Gasteiger partial charge in [-0.2, -0.15) is 0 Å². The fraction of sp³-hybridized carbons (Fsp3) is 0.235. The van der Waals surface area contributed by atoms with Crippen LogP contribution in [-0.2, 0) is 17.8 Å². The van der Waals surface area contributed by atoms with Crippen molar-refractivity contribution in [3.63, 3.8) is 0 Å². The van der Waals surface area contributed by atoms with E-state index in [0.29, 0.717) is 0 Å². The molecule has 0 aliphatic carbocycles. The van der Waals surface area contributed by atoms with Gasteiger partial charge in [-0.3, -0.25) is 4.79 Å². The molecule has 0 bridgehead atoms. The zero-order valence-electron chi connectivity index (χ0n) is 12.0. The lowest BCUT2D eigenvalue weighted by Crippen LogP contribution is -2.26. The summed E-state index contributed by atoms with van der Waals surface area (Å²) in [5.41, 5.74) is 3.56. The van der Waals surface area contributed by atoms with Crippen molar-refractivity contribution in [3.05, 3.63) is 57.8 Å². The monoisotopic (exact) mass is 298 g/mol. The topological polar surface area (TPSA) is 32.3 Å². The molecule has 2 aromatic rings. The molecular weight excluding hydrogens is 280 g/mol. The van der Waals surface area contributed by atoms with Crippen molar-refractivity contribution in [1.29, 1.82) is 0 Å². The normalized spacial score (nSPS) is 15.1. The second-order valence-corrected chi connectivity index (χ2v) is 6.29. The number of amides is 1. The summed E-state index contributed by atoms with van der Waals surface area (Å²) in [7, 11) is 2.12. The smallest absolute Gasteiger partial charge is 0.248 e. The maximum atomic E-state index is 11.9. The van der Waals surface area contributed by atoms with Crippen molar-refractivity contribution in [1.82, 2.24) is 4.90 Å². The summed E-state index contributed by atoms with van der Waals surface area (Å²) in [6, 6.07) is 10.2. The van der Waals surface area contributed by atoms with Crippen molar-refractivity contribution >= 4 is 29.0 Å². The molecule has 0 fully saturated rings. The van der Waals surface area contributed by atoms with Gasteiger partial charge in [0, 0.05) is 29.7 Å². The van der Waals surface area contributed by atoms with Crippen LogP contribution in [0, 0.1) is 0 Å². The summed E-state index contributed by atoms with van der Waals surface area (Å²) >= 11 is 1.62. The van der Waals surface area contributed by atoms with E-state index in [1.54, 1.807) is 17.4 Å². The van der Waals surface area contributed by atoms with E-state index < -0.39 is 0 Å².